The van der Waals surface area contributed by atoms with Crippen LogP contribution in [0.3, 0.4) is 0 Å². The van der Waals surface area contributed by atoms with Crippen molar-refractivity contribution in [1.82, 2.24) is 4.98 Å². The highest BCUT2D eigenvalue weighted by Crippen LogP contribution is 2.28. The van der Waals surface area contributed by atoms with Gasteiger partial charge in [0.25, 0.3) is 0 Å². The Morgan fingerprint density at radius 1 is 0.833 bits per heavy atom. The third-order valence-corrected chi connectivity index (χ3v) is 3.16. The summed E-state index contributed by atoms with van der Waals surface area (Å²) in [6.45, 7) is 0.468. The SMILES string of the molecule is NCc1ncc(-c2ccccc2)c2ccccc12. The van der Waals surface area contributed by atoms with Crippen molar-refractivity contribution in [3.8, 4) is 11.1 Å². The monoisotopic (exact) mass is 234 g/mol. The first-order valence-electron chi connectivity index (χ1n) is 6.02. The van der Waals surface area contributed by atoms with Crippen LogP contribution in [0.2, 0.25) is 0 Å². The van der Waals surface area contributed by atoms with Crippen molar-refractivity contribution in [3.63, 3.8) is 0 Å². The highest BCUT2D eigenvalue weighted by molar-refractivity contribution is 5.97. The summed E-state index contributed by atoms with van der Waals surface area (Å²) in [6.07, 6.45) is 1.92. The molecule has 0 aliphatic heterocycles. The van der Waals surface area contributed by atoms with Crippen molar-refractivity contribution < 1.29 is 0 Å². The van der Waals surface area contributed by atoms with Gasteiger partial charge in [-0.15, -0.1) is 0 Å². The average Bonchev–Trinajstić information content (AvgIpc) is 2.47. The molecule has 2 heteroatoms. The maximum absolute atomic E-state index is 5.74. The van der Waals surface area contributed by atoms with Crippen LogP contribution in [0.25, 0.3) is 21.9 Å². The van der Waals surface area contributed by atoms with E-state index in [-0.39, 0.29) is 0 Å². The molecule has 2 N–H and O–H groups in total. The fourth-order valence-electron chi connectivity index (χ4n) is 2.26. The maximum atomic E-state index is 5.74. The van der Waals surface area contributed by atoms with E-state index in [4.69, 9.17) is 5.73 Å². The zero-order valence-corrected chi connectivity index (χ0v) is 10.0. The van der Waals surface area contributed by atoms with Crippen molar-refractivity contribution in [2.75, 3.05) is 0 Å². The molecule has 2 nitrogen and oxygen atoms in total. The van der Waals surface area contributed by atoms with Gasteiger partial charge in [0.1, 0.15) is 0 Å². The number of hydrogen-bond donors (Lipinski definition) is 1. The van der Waals surface area contributed by atoms with Crippen LogP contribution < -0.4 is 5.73 Å². The Kier molecular flexibility index (Phi) is 2.79. The molecule has 3 aromatic rings. The largest absolute Gasteiger partial charge is 0.325 e. The number of nitrogens with two attached hydrogens (primary N) is 1. The van der Waals surface area contributed by atoms with Crippen LogP contribution in [0.1, 0.15) is 5.69 Å². The van der Waals surface area contributed by atoms with Crippen LogP contribution in [0.4, 0.5) is 0 Å². The summed E-state index contributed by atoms with van der Waals surface area (Å²) in [6, 6.07) is 18.6. The molecule has 0 unspecified atom stereocenters. The molecule has 1 aromatic heterocycles. The molecule has 3 rings (SSSR count). The Bertz CT molecular complexity index is 675. The van der Waals surface area contributed by atoms with Crippen LogP contribution in [0.15, 0.2) is 60.8 Å². The molecule has 0 bridgehead atoms. The van der Waals surface area contributed by atoms with E-state index in [0.29, 0.717) is 6.54 Å². The summed E-state index contributed by atoms with van der Waals surface area (Å²) >= 11 is 0. The second kappa shape index (κ2) is 4.59. The van der Waals surface area contributed by atoms with Crippen molar-refractivity contribution >= 4 is 10.8 Å². The standard InChI is InChI=1S/C16H14N2/c17-10-16-14-9-5-4-8-13(14)15(11-18-16)12-6-2-1-3-7-12/h1-9,11H,10,17H2. The Labute approximate surface area is 106 Å². The molecule has 1 heterocycles. The second-order valence-corrected chi connectivity index (χ2v) is 4.23. The third kappa shape index (κ3) is 1.77. The normalized spacial score (nSPS) is 10.7. The minimum Gasteiger partial charge on any atom is -0.325 e. The Hall–Kier alpha value is -2.19. The Balaban J connectivity index is 2.32. The number of hydrogen-bond acceptors (Lipinski definition) is 2. The lowest BCUT2D eigenvalue weighted by Gasteiger charge is -2.09. The van der Waals surface area contributed by atoms with Gasteiger partial charge in [-0.25, -0.2) is 0 Å². The van der Waals surface area contributed by atoms with Crippen LogP contribution in [0, 0.1) is 0 Å². The molecular weight excluding hydrogens is 220 g/mol. The predicted octanol–water partition coefficient (Wildman–Crippen LogP) is 3.36. The molecule has 0 radical (unpaired) electrons. The minimum atomic E-state index is 0.468. The molecular formula is C16H14N2. The minimum absolute atomic E-state index is 0.468. The lowest BCUT2D eigenvalue weighted by molar-refractivity contribution is 1.01. The van der Waals surface area contributed by atoms with Gasteiger partial charge in [0.15, 0.2) is 0 Å². The smallest absolute Gasteiger partial charge is 0.0618 e. The summed E-state index contributed by atoms with van der Waals surface area (Å²) in [5.41, 5.74) is 9.03. The molecule has 0 spiro atoms. The van der Waals surface area contributed by atoms with E-state index in [0.717, 1.165) is 16.6 Å². The Morgan fingerprint density at radius 3 is 2.22 bits per heavy atom. The van der Waals surface area contributed by atoms with E-state index in [1.165, 1.54) is 10.9 Å². The first-order valence-corrected chi connectivity index (χ1v) is 6.02. The van der Waals surface area contributed by atoms with Crippen molar-refractivity contribution in [2.45, 2.75) is 6.54 Å². The number of aromatic nitrogens is 1. The highest BCUT2D eigenvalue weighted by Gasteiger charge is 2.07. The maximum Gasteiger partial charge on any atom is 0.0618 e. The number of rotatable bonds is 2. The van der Waals surface area contributed by atoms with Gasteiger partial charge in [0.2, 0.25) is 0 Å². The van der Waals surface area contributed by atoms with E-state index < -0.39 is 0 Å². The van der Waals surface area contributed by atoms with Gasteiger partial charge in [-0.2, -0.15) is 0 Å². The second-order valence-electron chi connectivity index (χ2n) is 4.23. The van der Waals surface area contributed by atoms with Crippen molar-refractivity contribution in [1.29, 1.82) is 0 Å². The summed E-state index contributed by atoms with van der Waals surface area (Å²) in [5, 5.41) is 2.35. The summed E-state index contributed by atoms with van der Waals surface area (Å²) in [4.78, 5) is 4.48. The van der Waals surface area contributed by atoms with Crippen molar-refractivity contribution in [3.05, 3.63) is 66.5 Å². The quantitative estimate of drug-likeness (QED) is 0.738. The van der Waals surface area contributed by atoms with E-state index in [1.54, 1.807) is 0 Å². The van der Waals surface area contributed by atoms with Gasteiger partial charge < -0.3 is 5.73 Å². The number of fused-ring (bicyclic) bond motifs is 1. The summed E-state index contributed by atoms with van der Waals surface area (Å²) in [5.74, 6) is 0. The zero-order chi connectivity index (χ0) is 12.4. The van der Waals surface area contributed by atoms with Gasteiger partial charge in [0, 0.05) is 23.7 Å². The van der Waals surface area contributed by atoms with Crippen LogP contribution in [-0.2, 0) is 6.54 Å². The lowest BCUT2D eigenvalue weighted by atomic mass is 9.99. The predicted molar refractivity (Wildman–Crippen MR) is 75.1 cm³/mol. The van der Waals surface area contributed by atoms with Crippen LogP contribution >= 0.6 is 0 Å². The van der Waals surface area contributed by atoms with Gasteiger partial charge in [-0.05, 0) is 10.9 Å². The molecule has 0 saturated heterocycles. The Morgan fingerprint density at radius 2 is 1.50 bits per heavy atom. The van der Waals surface area contributed by atoms with E-state index in [9.17, 15) is 0 Å². The third-order valence-electron chi connectivity index (χ3n) is 3.16. The summed E-state index contributed by atoms with van der Waals surface area (Å²) in [7, 11) is 0. The lowest BCUT2D eigenvalue weighted by Crippen LogP contribution is -2.01. The van der Waals surface area contributed by atoms with Crippen LogP contribution in [-0.4, -0.2) is 4.98 Å². The number of nitrogens with zero attached hydrogens (tertiary/aromatic N) is 1. The summed E-state index contributed by atoms with van der Waals surface area (Å²) < 4.78 is 0. The van der Waals surface area contributed by atoms with E-state index >= 15 is 0 Å². The number of benzene rings is 2. The van der Waals surface area contributed by atoms with Gasteiger partial charge >= 0.3 is 0 Å². The first-order chi connectivity index (χ1) is 8.90. The molecule has 2 aromatic carbocycles. The van der Waals surface area contributed by atoms with Gasteiger partial charge in [0.05, 0.1) is 5.69 Å². The molecule has 0 atom stereocenters. The highest BCUT2D eigenvalue weighted by atomic mass is 14.7. The molecule has 0 aliphatic rings. The average molecular weight is 234 g/mol. The fourth-order valence-corrected chi connectivity index (χ4v) is 2.26. The number of pyridine rings is 1. The van der Waals surface area contributed by atoms with Crippen LogP contribution in [0.5, 0.6) is 0 Å². The topological polar surface area (TPSA) is 38.9 Å². The molecule has 18 heavy (non-hydrogen) atoms. The molecule has 88 valence electrons. The first kappa shape index (κ1) is 10.9. The van der Waals surface area contributed by atoms with E-state index in [2.05, 4.69) is 35.3 Å². The zero-order valence-electron chi connectivity index (χ0n) is 10.0. The van der Waals surface area contributed by atoms with E-state index in [1.807, 2.05) is 30.5 Å². The van der Waals surface area contributed by atoms with Crippen molar-refractivity contribution in [2.24, 2.45) is 5.73 Å². The molecule has 0 aliphatic carbocycles. The molecule has 0 amide bonds. The fraction of sp³-hybridized carbons (Fsp3) is 0.0625. The van der Waals surface area contributed by atoms with Gasteiger partial charge in [-0.3, -0.25) is 4.98 Å². The molecule has 0 fully saturated rings. The molecule has 0 saturated carbocycles. The van der Waals surface area contributed by atoms with Gasteiger partial charge in [-0.1, -0.05) is 54.6 Å².